The van der Waals surface area contributed by atoms with Crippen LogP contribution in [0, 0.1) is 0 Å². The van der Waals surface area contributed by atoms with Gasteiger partial charge in [-0.05, 0) is 6.92 Å². The van der Waals surface area contributed by atoms with E-state index in [0.29, 0.717) is 0 Å². The molecule has 0 aromatic heterocycles. The van der Waals surface area contributed by atoms with Gasteiger partial charge in [-0.25, -0.2) is 0 Å². The van der Waals surface area contributed by atoms with Crippen LogP contribution in [0.15, 0.2) is 0 Å². The fraction of sp³-hybridized carbons (Fsp3) is 1.00. The van der Waals surface area contributed by atoms with Gasteiger partial charge in [-0.15, -0.1) is 0 Å². The van der Waals surface area contributed by atoms with Gasteiger partial charge in [0.05, 0.1) is 6.61 Å². The Morgan fingerprint density at radius 1 is 0.680 bits per heavy atom. The van der Waals surface area contributed by atoms with Crippen molar-refractivity contribution in [3.05, 3.63) is 0 Å². The molecule has 3 nitrogen and oxygen atoms in total. The lowest BCUT2D eigenvalue weighted by molar-refractivity contribution is -0.460. The molecule has 0 saturated carbocycles. The van der Waals surface area contributed by atoms with Gasteiger partial charge >= 0.3 is 44.2 Å². The Kier molecular flexibility index (Phi) is 6.55. The SMILES string of the molecule is CCO[PH](=O)OC(F)(C(F)(F)F)C(F)(F)C(F)(F)C(F)(F)C(F)(F)F. The first-order valence-electron chi connectivity index (χ1n) is 5.52. The molecule has 17 heteroatoms. The maximum Gasteiger partial charge on any atom is 0.460 e. The van der Waals surface area contributed by atoms with E-state index in [9.17, 15) is 61.6 Å². The standard InChI is InChI=1S/C8H6F13O3P/c1-2-23-25(22)24-6(15,8(19,20)21)4(11,12)3(9,10)5(13,14)7(16,17)18/h25H,2H2,1H3. The first kappa shape index (κ1) is 24.2. The fourth-order valence-corrected chi connectivity index (χ4v) is 1.91. The van der Waals surface area contributed by atoms with Crippen LogP contribution < -0.4 is 0 Å². The molecule has 0 aromatic carbocycles. The Balaban J connectivity index is 6.39. The molecule has 152 valence electrons. The van der Waals surface area contributed by atoms with Gasteiger partial charge < -0.3 is 4.52 Å². The topological polar surface area (TPSA) is 35.5 Å². The van der Waals surface area contributed by atoms with E-state index >= 15 is 0 Å². The third-order valence-corrected chi connectivity index (χ3v) is 3.37. The van der Waals surface area contributed by atoms with E-state index in [1.807, 2.05) is 0 Å². The highest BCUT2D eigenvalue weighted by atomic mass is 31.1. The molecule has 0 radical (unpaired) electrons. The van der Waals surface area contributed by atoms with Crippen molar-refractivity contribution in [3.63, 3.8) is 0 Å². The van der Waals surface area contributed by atoms with Gasteiger partial charge in [0.15, 0.2) is 0 Å². The molecule has 0 heterocycles. The van der Waals surface area contributed by atoms with Crippen molar-refractivity contribution < 1.29 is 70.7 Å². The zero-order valence-corrected chi connectivity index (χ0v) is 12.3. The molecule has 2 unspecified atom stereocenters. The van der Waals surface area contributed by atoms with Gasteiger partial charge in [-0.2, -0.15) is 57.1 Å². The Hall–Kier alpha value is -0.760. The first-order valence-corrected chi connectivity index (χ1v) is 6.74. The lowest BCUT2D eigenvalue weighted by Crippen LogP contribution is -2.71. The van der Waals surface area contributed by atoms with Crippen molar-refractivity contribution in [2.75, 3.05) is 6.61 Å². The van der Waals surface area contributed by atoms with Crippen molar-refractivity contribution in [1.82, 2.24) is 0 Å². The normalized spacial score (nSPS) is 18.8. The third kappa shape index (κ3) is 3.84. The molecule has 0 aliphatic rings. The highest BCUT2D eigenvalue weighted by Gasteiger charge is 2.91. The minimum atomic E-state index is -7.99. The van der Waals surface area contributed by atoms with Crippen LogP contribution in [0.3, 0.4) is 0 Å². The van der Waals surface area contributed by atoms with Gasteiger partial charge in [-0.1, -0.05) is 0 Å². The van der Waals surface area contributed by atoms with Crippen LogP contribution in [0.4, 0.5) is 57.1 Å². The molecule has 2 atom stereocenters. The van der Waals surface area contributed by atoms with Crippen LogP contribution >= 0.6 is 8.25 Å². The lowest BCUT2D eigenvalue weighted by Gasteiger charge is -2.40. The van der Waals surface area contributed by atoms with Crippen molar-refractivity contribution in [2.24, 2.45) is 0 Å². The third-order valence-electron chi connectivity index (χ3n) is 2.40. The summed E-state index contributed by atoms with van der Waals surface area (Å²) in [6.07, 6.45) is -14.8. The quantitative estimate of drug-likeness (QED) is 0.417. The Labute approximate surface area is 130 Å². The van der Waals surface area contributed by atoms with E-state index < -0.39 is 50.8 Å². The number of rotatable bonds is 7. The van der Waals surface area contributed by atoms with Crippen molar-refractivity contribution >= 4 is 8.25 Å². The number of hydrogen-bond acceptors (Lipinski definition) is 3. The van der Waals surface area contributed by atoms with E-state index in [-0.39, 0.29) is 0 Å². The fourth-order valence-electron chi connectivity index (χ4n) is 1.14. The van der Waals surface area contributed by atoms with E-state index in [0.717, 1.165) is 6.92 Å². The van der Waals surface area contributed by atoms with E-state index in [4.69, 9.17) is 0 Å². The van der Waals surface area contributed by atoms with Gasteiger partial charge in [0, 0.05) is 0 Å². The smallest absolute Gasteiger partial charge is 0.311 e. The second kappa shape index (κ2) is 6.76. The zero-order valence-electron chi connectivity index (χ0n) is 11.3. The molecule has 0 rings (SSSR count). The zero-order chi connectivity index (χ0) is 20.7. The summed E-state index contributed by atoms with van der Waals surface area (Å²) in [6.45, 7) is -0.0591. The maximum absolute atomic E-state index is 13.5. The van der Waals surface area contributed by atoms with E-state index in [2.05, 4.69) is 9.05 Å². The van der Waals surface area contributed by atoms with Crippen molar-refractivity contribution in [1.29, 1.82) is 0 Å². The molecular formula is C8H6F13O3P. The number of alkyl halides is 13. The molecular weight excluding hydrogens is 422 g/mol. The summed E-state index contributed by atoms with van der Waals surface area (Å²) < 4.78 is 181. The molecule has 0 aliphatic heterocycles. The molecule has 0 aromatic rings. The van der Waals surface area contributed by atoms with Gasteiger partial charge in [0.25, 0.3) is 0 Å². The summed E-state index contributed by atoms with van der Waals surface area (Å²) in [4.78, 5) is 0. The Morgan fingerprint density at radius 2 is 1.08 bits per heavy atom. The van der Waals surface area contributed by atoms with Gasteiger partial charge in [-0.3, -0.25) is 9.09 Å². The molecule has 0 fully saturated rings. The highest BCUT2D eigenvalue weighted by Crippen LogP contribution is 2.61. The average Bonchev–Trinajstić information content (AvgIpc) is 2.35. The van der Waals surface area contributed by atoms with Crippen LogP contribution in [-0.2, 0) is 13.6 Å². The first-order chi connectivity index (χ1) is 10.7. The minimum absolute atomic E-state index is 0.837. The van der Waals surface area contributed by atoms with E-state index in [1.54, 1.807) is 0 Å². The predicted molar refractivity (Wildman–Crippen MR) is 52.5 cm³/mol. The molecule has 0 aliphatic carbocycles. The minimum Gasteiger partial charge on any atom is -0.311 e. The van der Waals surface area contributed by atoms with Gasteiger partial charge in [0.2, 0.25) is 0 Å². The largest absolute Gasteiger partial charge is 0.460 e. The van der Waals surface area contributed by atoms with Crippen LogP contribution in [0.2, 0.25) is 0 Å². The number of halogens is 13. The van der Waals surface area contributed by atoms with E-state index in [1.165, 1.54) is 0 Å². The lowest BCUT2D eigenvalue weighted by atomic mass is 9.97. The summed E-state index contributed by atoms with van der Waals surface area (Å²) in [5.41, 5.74) is 0. The highest BCUT2D eigenvalue weighted by molar-refractivity contribution is 7.33. The molecule has 0 spiro atoms. The molecule has 0 amide bonds. The summed E-state index contributed by atoms with van der Waals surface area (Å²) in [7, 11) is -4.99. The molecule has 0 bridgehead atoms. The summed E-state index contributed by atoms with van der Waals surface area (Å²) >= 11 is 0. The van der Waals surface area contributed by atoms with Crippen molar-refractivity contribution in [3.8, 4) is 0 Å². The molecule has 25 heavy (non-hydrogen) atoms. The van der Waals surface area contributed by atoms with Crippen LogP contribution in [0.1, 0.15) is 6.92 Å². The van der Waals surface area contributed by atoms with Crippen LogP contribution in [0.5, 0.6) is 0 Å². The maximum atomic E-state index is 13.5. The number of hydrogen-bond donors (Lipinski definition) is 0. The molecule has 0 saturated heterocycles. The Morgan fingerprint density at radius 3 is 1.36 bits per heavy atom. The summed E-state index contributed by atoms with van der Waals surface area (Å²) in [5, 5.41) is 0. The summed E-state index contributed by atoms with van der Waals surface area (Å²) in [6, 6.07) is 0. The van der Waals surface area contributed by atoms with Crippen LogP contribution in [-0.4, -0.2) is 42.6 Å². The second-order valence-electron chi connectivity index (χ2n) is 4.10. The average molecular weight is 428 g/mol. The summed E-state index contributed by atoms with van der Waals surface area (Å²) in [5.74, 6) is -30.9. The van der Waals surface area contributed by atoms with Gasteiger partial charge in [0.1, 0.15) is 0 Å². The van der Waals surface area contributed by atoms with Crippen LogP contribution in [0.25, 0.3) is 0 Å². The Bertz CT molecular complexity index is 498. The predicted octanol–water partition coefficient (Wildman–Crippen LogP) is 5.13. The second-order valence-corrected chi connectivity index (χ2v) is 5.09. The monoisotopic (exact) mass is 428 g/mol. The molecule has 0 N–H and O–H groups in total. The van der Waals surface area contributed by atoms with Crippen molar-refractivity contribution in [2.45, 2.75) is 42.9 Å².